The van der Waals surface area contributed by atoms with E-state index in [9.17, 15) is 0 Å². The van der Waals surface area contributed by atoms with Gasteiger partial charge < -0.3 is 10.6 Å². The summed E-state index contributed by atoms with van der Waals surface area (Å²) in [6.07, 6.45) is 2.72. The number of rotatable bonds is 6. The monoisotopic (exact) mass is 225 g/mol. The standard InChI is InChI=1S/C11H19N3S/c1-8(5-13-10-3-4-10)12-6-11-9(2)14-7-15-11/h7-8,10,12-13H,3-6H2,1-2H3. The van der Waals surface area contributed by atoms with E-state index in [4.69, 9.17) is 0 Å². The largest absolute Gasteiger partial charge is 0.312 e. The van der Waals surface area contributed by atoms with Gasteiger partial charge in [-0.15, -0.1) is 11.3 Å². The first kappa shape index (κ1) is 11.0. The second-order valence-electron chi connectivity index (χ2n) is 4.33. The molecule has 1 unspecified atom stereocenters. The van der Waals surface area contributed by atoms with Crippen LogP contribution >= 0.6 is 11.3 Å². The number of aromatic nitrogens is 1. The lowest BCUT2D eigenvalue weighted by molar-refractivity contribution is 0.501. The normalized spacial score (nSPS) is 18.0. The fourth-order valence-electron chi connectivity index (χ4n) is 1.47. The third-order valence-corrected chi connectivity index (χ3v) is 3.68. The van der Waals surface area contributed by atoms with Gasteiger partial charge in [-0.3, -0.25) is 0 Å². The molecule has 0 bridgehead atoms. The third-order valence-electron chi connectivity index (χ3n) is 2.75. The second-order valence-corrected chi connectivity index (χ2v) is 5.26. The Morgan fingerprint density at radius 3 is 3.00 bits per heavy atom. The van der Waals surface area contributed by atoms with E-state index in [1.807, 2.05) is 5.51 Å². The Kier molecular flexibility index (Phi) is 3.72. The molecule has 1 heterocycles. The molecule has 15 heavy (non-hydrogen) atoms. The molecule has 1 saturated carbocycles. The molecule has 4 heteroatoms. The molecule has 2 rings (SSSR count). The van der Waals surface area contributed by atoms with Gasteiger partial charge in [-0.1, -0.05) is 0 Å². The Labute approximate surface area is 95.3 Å². The zero-order chi connectivity index (χ0) is 10.7. The van der Waals surface area contributed by atoms with Crippen LogP contribution in [-0.4, -0.2) is 23.6 Å². The highest BCUT2D eigenvalue weighted by Crippen LogP contribution is 2.18. The zero-order valence-corrected chi connectivity index (χ0v) is 10.2. The van der Waals surface area contributed by atoms with Crippen LogP contribution in [0.3, 0.4) is 0 Å². The molecule has 2 N–H and O–H groups in total. The van der Waals surface area contributed by atoms with E-state index in [0.29, 0.717) is 6.04 Å². The lowest BCUT2D eigenvalue weighted by Crippen LogP contribution is -2.36. The van der Waals surface area contributed by atoms with Crippen molar-refractivity contribution in [3.63, 3.8) is 0 Å². The summed E-state index contributed by atoms with van der Waals surface area (Å²) in [6.45, 7) is 6.32. The first-order valence-electron chi connectivity index (χ1n) is 5.61. The van der Waals surface area contributed by atoms with Crippen molar-refractivity contribution in [3.8, 4) is 0 Å². The van der Waals surface area contributed by atoms with Gasteiger partial charge in [0.25, 0.3) is 0 Å². The van der Waals surface area contributed by atoms with Gasteiger partial charge in [-0.25, -0.2) is 4.98 Å². The Morgan fingerprint density at radius 2 is 2.40 bits per heavy atom. The van der Waals surface area contributed by atoms with Crippen LogP contribution in [0.25, 0.3) is 0 Å². The molecule has 1 aliphatic carbocycles. The van der Waals surface area contributed by atoms with Crippen molar-refractivity contribution in [2.24, 2.45) is 0 Å². The number of thiazole rings is 1. The van der Waals surface area contributed by atoms with Crippen LogP contribution in [0.2, 0.25) is 0 Å². The highest BCUT2D eigenvalue weighted by atomic mass is 32.1. The molecular formula is C11H19N3S. The molecule has 1 aromatic rings. The molecular weight excluding hydrogens is 206 g/mol. The molecule has 1 fully saturated rings. The molecule has 0 saturated heterocycles. The highest BCUT2D eigenvalue weighted by molar-refractivity contribution is 7.09. The molecule has 0 spiro atoms. The SMILES string of the molecule is Cc1ncsc1CNC(C)CNC1CC1. The minimum Gasteiger partial charge on any atom is -0.312 e. The summed E-state index contributed by atoms with van der Waals surface area (Å²) in [5.74, 6) is 0. The summed E-state index contributed by atoms with van der Waals surface area (Å²) in [7, 11) is 0. The fourth-order valence-corrected chi connectivity index (χ4v) is 2.19. The minimum absolute atomic E-state index is 0.534. The molecule has 1 aliphatic rings. The van der Waals surface area contributed by atoms with Gasteiger partial charge >= 0.3 is 0 Å². The molecule has 3 nitrogen and oxygen atoms in total. The van der Waals surface area contributed by atoms with Crippen molar-refractivity contribution in [1.82, 2.24) is 15.6 Å². The predicted octanol–water partition coefficient (Wildman–Crippen LogP) is 1.68. The van der Waals surface area contributed by atoms with Crippen molar-refractivity contribution < 1.29 is 0 Å². The van der Waals surface area contributed by atoms with E-state index < -0.39 is 0 Å². The topological polar surface area (TPSA) is 37.0 Å². The average Bonchev–Trinajstić information content (AvgIpc) is 2.96. The van der Waals surface area contributed by atoms with Crippen LogP contribution in [0.4, 0.5) is 0 Å². The van der Waals surface area contributed by atoms with Crippen molar-refractivity contribution in [3.05, 3.63) is 16.1 Å². The van der Waals surface area contributed by atoms with Crippen LogP contribution in [0.1, 0.15) is 30.3 Å². The van der Waals surface area contributed by atoms with Crippen LogP contribution in [-0.2, 0) is 6.54 Å². The van der Waals surface area contributed by atoms with E-state index >= 15 is 0 Å². The van der Waals surface area contributed by atoms with Crippen molar-refractivity contribution in [2.45, 2.75) is 45.3 Å². The second kappa shape index (κ2) is 5.05. The van der Waals surface area contributed by atoms with E-state index in [-0.39, 0.29) is 0 Å². The zero-order valence-electron chi connectivity index (χ0n) is 9.42. The van der Waals surface area contributed by atoms with Gasteiger partial charge in [0.1, 0.15) is 0 Å². The van der Waals surface area contributed by atoms with Crippen molar-refractivity contribution >= 4 is 11.3 Å². The number of nitrogens with one attached hydrogen (secondary N) is 2. The smallest absolute Gasteiger partial charge is 0.0798 e. The van der Waals surface area contributed by atoms with Crippen LogP contribution in [0.15, 0.2) is 5.51 Å². The lowest BCUT2D eigenvalue weighted by atomic mass is 10.3. The maximum atomic E-state index is 4.24. The summed E-state index contributed by atoms with van der Waals surface area (Å²) in [5.41, 5.74) is 3.08. The quantitative estimate of drug-likeness (QED) is 0.773. The summed E-state index contributed by atoms with van der Waals surface area (Å²) in [4.78, 5) is 5.60. The average molecular weight is 225 g/mol. The maximum Gasteiger partial charge on any atom is 0.0798 e. The first-order chi connectivity index (χ1) is 7.25. The van der Waals surface area contributed by atoms with Crippen molar-refractivity contribution in [2.75, 3.05) is 6.54 Å². The first-order valence-corrected chi connectivity index (χ1v) is 6.49. The van der Waals surface area contributed by atoms with E-state index in [0.717, 1.165) is 24.8 Å². The van der Waals surface area contributed by atoms with Gasteiger partial charge in [-0.2, -0.15) is 0 Å². The van der Waals surface area contributed by atoms with Gasteiger partial charge in [0.2, 0.25) is 0 Å². The van der Waals surface area contributed by atoms with Crippen LogP contribution in [0.5, 0.6) is 0 Å². The molecule has 1 atom stereocenters. The number of hydrogen-bond acceptors (Lipinski definition) is 4. The van der Waals surface area contributed by atoms with Gasteiger partial charge in [0, 0.05) is 30.1 Å². The minimum atomic E-state index is 0.534. The van der Waals surface area contributed by atoms with Crippen LogP contribution in [0, 0.1) is 6.92 Å². The van der Waals surface area contributed by atoms with Gasteiger partial charge in [-0.05, 0) is 26.7 Å². The van der Waals surface area contributed by atoms with Crippen molar-refractivity contribution in [1.29, 1.82) is 0 Å². The number of aryl methyl sites for hydroxylation is 1. The Hall–Kier alpha value is -0.450. The van der Waals surface area contributed by atoms with Gasteiger partial charge in [0.05, 0.1) is 11.2 Å². The highest BCUT2D eigenvalue weighted by Gasteiger charge is 2.20. The van der Waals surface area contributed by atoms with Crippen LogP contribution < -0.4 is 10.6 Å². The number of hydrogen-bond donors (Lipinski definition) is 2. The fraction of sp³-hybridized carbons (Fsp3) is 0.727. The Balaban J connectivity index is 1.65. The summed E-state index contributed by atoms with van der Waals surface area (Å²) < 4.78 is 0. The predicted molar refractivity (Wildman–Crippen MR) is 64.2 cm³/mol. The van der Waals surface area contributed by atoms with E-state index in [2.05, 4.69) is 29.5 Å². The summed E-state index contributed by atoms with van der Waals surface area (Å²) in [6, 6.07) is 1.34. The summed E-state index contributed by atoms with van der Waals surface area (Å²) in [5, 5.41) is 7.04. The van der Waals surface area contributed by atoms with E-state index in [1.54, 1.807) is 11.3 Å². The molecule has 0 amide bonds. The number of nitrogens with zero attached hydrogens (tertiary/aromatic N) is 1. The molecule has 0 aromatic carbocycles. The Bertz CT molecular complexity index is 307. The molecule has 1 aromatic heterocycles. The molecule has 0 radical (unpaired) electrons. The molecule has 0 aliphatic heterocycles. The Morgan fingerprint density at radius 1 is 1.60 bits per heavy atom. The third kappa shape index (κ3) is 3.55. The van der Waals surface area contributed by atoms with Gasteiger partial charge in [0.15, 0.2) is 0 Å². The lowest BCUT2D eigenvalue weighted by Gasteiger charge is -2.13. The molecule has 84 valence electrons. The maximum absolute atomic E-state index is 4.24. The summed E-state index contributed by atoms with van der Waals surface area (Å²) >= 11 is 1.73. The van der Waals surface area contributed by atoms with E-state index in [1.165, 1.54) is 17.7 Å².